The highest BCUT2D eigenvalue weighted by Crippen LogP contribution is 2.04. The Bertz CT molecular complexity index is 329. The zero-order valence-corrected chi connectivity index (χ0v) is 10.6. The van der Waals surface area contributed by atoms with Crippen molar-refractivity contribution in [2.45, 2.75) is 12.8 Å². The van der Waals surface area contributed by atoms with Gasteiger partial charge in [0.05, 0.1) is 19.7 Å². The van der Waals surface area contributed by atoms with Gasteiger partial charge >= 0.3 is 5.97 Å². The maximum atomic E-state index is 11.4. The van der Waals surface area contributed by atoms with Gasteiger partial charge in [0, 0.05) is 44.3 Å². The van der Waals surface area contributed by atoms with Crippen molar-refractivity contribution < 1.29 is 9.53 Å². The molecule has 5 N–H and O–H groups in total. The summed E-state index contributed by atoms with van der Waals surface area (Å²) in [6.45, 7) is 1.75. The molecule has 0 aromatic heterocycles. The van der Waals surface area contributed by atoms with Crippen LogP contribution in [0.2, 0.25) is 0 Å². The van der Waals surface area contributed by atoms with Crippen molar-refractivity contribution in [3.63, 3.8) is 0 Å². The third-order valence-corrected chi connectivity index (χ3v) is 2.46. The molecule has 0 bridgehead atoms. The number of carbonyl (C=O) groups is 1. The molecule has 0 aromatic carbocycles. The molecule has 0 unspecified atom stereocenters. The van der Waals surface area contributed by atoms with E-state index in [-0.39, 0.29) is 12.6 Å². The van der Waals surface area contributed by atoms with Crippen molar-refractivity contribution in [1.29, 1.82) is 0 Å². The van der Waals surface area contributed by atoms with E-state index in [2.05, 4.69) is 5.43 Å². The molecule has 0 spiro atoms. The normalized spacial score (nSPS) is 15.1. The highest BCUT2D eigenvalue weighted by Gasteiger charge is 2.10. The molecule has 7 heteroatoms. The van der Waals surface area contributed by atoms with E-state index < -0.39 is 0 Å². The molecule has 1 rings (SSSR count). The summed E-state index contributed by atoms with van der Waals surface area (Å²) in [7, 11) is 1.98. The van der Waals surface area contributed by atoms with E-state index >= 15 is 0 Å². The van der Waals surface area contributed by atoms with Crippen LogP contribution in [0.5, 0.6) is 0 Å². The van der Waals surface area contributed by atoms with Crippen molar-refractivity contribution in [1.82, 2.24) is 15.2 Å². The predicted octanol–water partition coefficient (Wildman–Crippen LogP) is -0.751. The van der Waals surface area contributed by atoms with Gasteiger partial charge in [0.25, 0.3) is 0 Å². The molecular weight excluding hydrogens is 234 g/mol. The fourth-order valence-electron chi connectivity index (χ4n) is 1.50. The summed E-state index contributed by atoms with van der Waals surface area (Å²) >= 11 is 0. The Labute approximate surface area is 107 Å². The predicted molar refractivity (Wildman–Crippen MR) is 68.3 cm³/mol. The molecular formula is C11H21N5O2. The number of hydrazine groups is 1. The Morgan fingerprint density at radius 1 is 1.50 bits per heavy atom. The molecule has 102 valence electrons. The maximum absolute atomic E-state index is 11.4. The van der Waals surface area contributed by atoms with Crippen molar-refractivity contribution in [3.05, 3.63) is 24.3 Å². The number of rotatable bonds is 7. The highest BCUT2D eigenvalue weighted by molar-refractivity contribution is 5.69. The van der Waals surface area contributed by atoms with Crippen LogP contribution in [0.4, 0.5) is 0 Å². The second kappa shape index (κ2) is 7.44. The smallest absolute Gasteiger partial charge is 0.307 e. The minimum Gasteiger partial charge on any atom is -0.465 e. The summed E-state index contributed by atoms with van der Waals surface area (Å²) < 4.78 is 5.05. The molecule has 7 nitrogen and oxygen atoms in total. The van der Waals surface area contributed by atoms with Crippen molar-refractivity contribution >= 4 is 5.97 Å². The maximum Gasteiger partial charge on any atom is 0.307 e. The molecule has 1 heterocycles. The van der Waals surface area contributed by atoms with E-state index in [4.69, 9.17) is 16.3 Å². The van der Waals surface area contributed by atoms with Crippen LogP contribution in [0.1, 0.15) is 12.8 Å². The first-order chi connectivity index (χ1) is 8.61. The van der Waals surface area contributed by atoms with E-state index in [9.17, 15) is 4.79 Å². The summed E-state index contributed by atoms with van der Waals surface area (Å²) in [5.41, 5.74) is 8.44. The molecule has 0 atom stereocenters. The Kier molecular flexibility index (Phi) is 5.86. The average Bonchev–Trinajstić information content (AvgIpc) is 2.73. The van der Waals surface area contributed by atoms with E-state index in [0.717, 1.165) is 6.67 Å². The first-order valence-electron chi connectivity index (χ1n) is 5.80. The quantitative estimate of drug-likeness (QED) is 0.313. The fraction of sp³-hybridized carbons (Fsp3) is 0.545. The lowest BCUT2D eigenvalue weighted by Crippen LogP contribution is -2.25. The Balaban J connectivity index is 2.07. The van der Waals surface area contributed by atoms with E-state index in [0.29, 0.717) is 25.1 Å². The van der Waals surface area contributed by atoms with Gasteiger partial charge in [-0.05, 0) is 0 Å². The van der Waals surface area contributed by atoms with Crippen LogP contribution in [0.25, 0.3) is 0 Å². The number of nitrogens with two attached hydrogens (primary N) is 2. The molecule has 0 fully saturated rings. The number of nitrogens with zero attached hydrogens (tertiary/aromatic N) is 2. The Hall–Kier alpha value is -1.89. The monoisotopic (exact) mass is 255 g/mol. The lowest BCUT2D eigenvalue weighted by molar-refractivity contribution is -0.143. The SMILES string of the molecule is CN1C=CN(CCC(=O)OCC/C(N)=C/NN)C1. The number of hydrogen-bond acceptors (Lipinski definition) is 7. The van der Waals surface area contributed by atoms with Crippen LogP contribution in [0.3, 0.4) is 0 Å². The van der Waals surface area contributed by atoms with Crippen LogP contribution in [0, 0.1) is 0 Å². The van der Waals surface area contributed by atoms with E-state index in [1.54, 1.807) is 0 Å². The first-order valence-corrected chi connectivity index (χ1v) is 5.80. The summed E-state index contributed by atoms with van der Waals surface area (Å²) in [6, 6.07) is 0. The summed E-state index contributed by atoms with van der Waals surface area (Å²) in [6.07, 6.45) is 6.25. The number of ether oxygens (including phenoxy) is 1. The standard InChI is InChI=1S/C11H21N5O2/c1-15-5-6-16(9-15)4-2-11(17)18-7-3-10(12)8-14-13/h5-6,8,14H,2-4,7,9,12-13H2,1H3/b10-8-. The van der Waals surface area contributed by atoms with Crippen molar-refractivity contribution in [2.24, 2.45) is 11.6 Å². The molecule has 1 aliphatic rings. The summed E-state index contributed by atoms with van der Waals surface area (Å²) in [4.78, 5) is 15.5. The molecule has 0 saturated heterocycles. The molecule has 18 heavy (non-hydrogen) atoms. The van der Waals surface area contributed by atoms with Gasteiger partial charge < -0.3 is 25.7 Å². The van der Waals surface area contributed by atoms with Gasteiger partial charge in [-0.3, -0.25) is 10.6 Å². The largest absolute Gasteiger partial charge is 0.465 e. The van der Waals surface area contributed by atoms with E-state index in [1.165, 1.54) is 6.20 Å². The molecule has 0 amide bonds. The summed E-state index contributed by atoms with van der Waals surface area (Å²) in [5, 5.41) is 0. The molecule has 0 aliphatic carbocycles. The summed E-state index contributed by atoms with van der Waals surface area (Å²) in [5.74, 6) is 4.84. The third-order valence-electron chi connectivity index (χ3n) is 2.46. The molecule has 0 saturated carbocycles. The zero-order chi connectivity index (χ0) is 13.4. The van der Waals surface area contributed by atoms with Gasteiger partial charge in [-0.15, -0.1) is 0 Å². The zero-order valence-electron chi connectivity index (χ0n) is 10.6. The second-order valence-corrected chi connectivity index (χ2v) is 4.12. The minimum atomic E-state index is -0.216. The average molecular weight is 255 g/mol. The van der Waals surface area contributed by atoms with E-state index in [1.807, 2.05) is 29.2 Å². The van der Waals surface area contributed by atoms with Crippen molar-refractivity contribution in [2.75, 3.05) is 26.9 Å². The molecule has 0 radical (unpaired) electrons. The van der Waals surface area contributed by atoms with Crippen LogP contribution >= 0.6 is 0 Å². The molecule has 1 aliphatic heterocycles. The highest BCUT2D eigenvalue weighted by atomic mass is 16.5. The van der Waals surface area contributed by atoms with Crippen LogP contribution in [-0.4, -0.2) is 42.6 Å². The van der Waals surface area contributed by atoms with Crippen LogP contribution < -0.4 is 17.0 Å². The number of nitrogens with one attached hydrogen (secondary N) is 1. The van der Waals surface area contributed by atoms with Gasteiger partial charge in [0.1, 0.15) is 0 Å². The number of hydrogen-bond donors (Lipinski definition) is 3. The topological polar surface area (TPSA) is 96.8 Å². The minimum absolute atomic E-state index is 0.216. The lowest BCUT2D eigenvalue weighted by atomic mass is 10.3. The van der Waals surface area contributed by atoms with Gasteiger partial charge in [0.2, 0.25) is 0 Å². The fourth-order valence-corrected chi connectivity index (χ4v) is 1.50. The van der Waals surface area contributed by atoms with Crippen LogP contribution in [-0.2, 0) is 9.53 Å². The van der Waals surface area contributed by atoms with Crippen molar-refractivity contribution in [3.8, 4) is 0 Å². The Morgan fingerprint density at radius 3 is 2.89 bits per heavy atom. The van der Waals surface area contributed by atoms with Gasteiger partial charge in [-0.1, -0.05) is 0 Å². The van der Waals surface area contributed by atoms with Gasteiger partial charge in [-0.25, -0.2) is 0 Å². The number of esters is 1. The number of carbonyl (C=O) groups excluding carboxylic acids is 1. The Morgan fingerprint density at radius 2 is 2.28 bits per heavy atom. The third kappa shape index (κ3) is 5.44. The molecule has 0 aromatic rings. The second-order valence-electron chi connectivity index (χ2n) is 4.12. The van der Waals surface area contributed by atoms with Crippen LogP contribution in [0.15, 0.2) is 24.3 Å². The van der Waals surface area contributed by atoms with Gasteiger partial charge in [-0.2, -0.15) is 0 Å². The lowest BCUT2D eigenvalue weighted by Gasteiger charge is -2.17. The van der Waals surface area contributed by atoms with Gasteiger partial charge in [0.15, 0.2) is 0 Å². The first kappa shape index (κ1) is 14.2.